The first-order chi connectivity index (χ1) is 21.3. The molecule has 3 heterocycles. The Morgan fingerprint density at radius 2 is 1.09 bits per heavy atom. The zero-order valence-electron chi connectivity index (χ0n) is 25.6. The molecule has 8 rings (SSSR count). The summed E-state index contributed by atoms with van der Waals surface area (Å²) in [6.45, 7) is 9.66. The number of hydrogen-bond donors (Lipinski definition) is 0. The first-order valence-corrected chi connectivity index (χ1v) is 15.5. The molecule has 0 spiro atoms. The molecule has 0 fully saturated rings. The highest BCUT2D eigenvalue weighted by Gasteiger charge is 2.51. The second-order valence-corrected chi connectivity index (χ2v) is 13.3. The van der Waals surface area contributed by atoms with Gasteiger partial charge in [-0.1, -0.05) is 100 Å². The first kappa shape index (κ1) is 26.7. The van der Waals surface area contributed by atoms with E-state index in [1.54, 1.807) is 0 Å². The van der Waals surface area contributed by atoms with Gasteiger partial charge in [-0.15, -0.1) is 0 Å². The lowest BCUT2D eigenvalue weighted by molar-refractivity contribution is 0.422. The summed E-state index contributed by atoms with van der Waals surface area (Å²) in [4.78, 5) is 14.5. The molecule has 0 radical (unpaired) electrons. The Morgan fingerprint density at radius 1 is 0.477 bits per heavy atom. The maximum absolute atomic E-state index is 5.20. The number of benzene rings is 3. The minimum Gasteiger partial charge on any atom is -0.256 e. The zero-order chi connectivity index (χ0) is 30.1. The second kappa shape index (κ2) is 9.82. The summed E-state index contributed by atoms with van der Waals surface area (Å²) in [5.41, 5.74) is 14.1. The maximum atomic E-state index is 5.20. The predicted octanol–water partition coefficient (Wildman–Crippen LogP) is 9.72. The average molecular weight is 570 g/mol. The molecule has 3 heteroatoms. The van der Waals surface area contributed by atoms with E-state index >= 15 is 0 Å². The Balaban J connectivity index is 1.36. The summed E-state index contributed by atoms with van der Waals surface area (Å²) >= 11 is 0. The molecule has 2 aliphatic rings. The van der Waals surface area contributed by atoms with Gasteiger partial charge in [0.15, 0.2) is 0 Å². The van der Waals surface area contributed by atoms with Crippen molar-refractivity contribution in [2.24, 2.45) is 0 Å². The highest BCUT2D eigenvalue weighted by atomic mass is 14.8. The number of rotatable bonds is 3. The van der Waals surface area contributed by atoms with Crippen molar-refractivity contribution in [3.63, 3.8) is 0 Å². The Hall–Kier alpha value is -4.89. The zero-order valence-corrected chi connectivity index (χ0v) is 25.6. The molecule has 214 valence electrons. The highest BCUT2D eigenvalue weighted by Crippen LogP contribution is 2.62. The monoisotopic (exact) mass is 569 g/mol. The van der Waals surface area contributed by atoms with Crippen molar-refractivity contribution in [3.05, 3.63) is 161 Å². The number of aromatic nitrogens is 3. The van der Waals surface area contributed by atoms with Gasteiger partial charge >= 0.3 is 0 Å². The van der Waals surface area contributed by atoms with Gasteiger partial charge in [-0.2, -0.15) is 0 Å². The Bertz CT molecular complexity index is 1970. The van der Waals surface area contributed by atoms with E-state index in [4.69, 9.17) is 4.98 Å². The molecule has 44 heavy (non-hydrogen) atoms. The van der Waals surface area contributed by atoms with Gasteiger partial charge in [0.2, 0.25) is 0 Å². The molecule has 2 unspecified atom stereocenters. The molecule has 6 aromatic rings. The summed E-state index contributed by atoms with van der Waals surface area (Å²) in [6, 6.07) is 41.6. The van der Waals surface area contributed by atoms with Gasteiger partial charge in [0.1, 0.15) is 0 Å². The van der Waals surface area contributed by atoms with Crippen LogP contribution in [-0.4, -0.2) is 15.0 Å². The van der Waals surface area contributed by atoms with Crippen LogP contribution in [0.15, 0.2) is 128 Å². The van der Waals surface area contributed by atoms with E-state index in [-0.39, 0.29) is 16.7 Å². The fourth-order valence-corrected chi connectivity index (χ4v) is 8.07. The third-order valence-corrected chi connectivity index (χ3v) is 10.1. The van der Waals surface area contributed by atoms with Crippen LogP contribution in [0.2, 0.25) is 0 Å². The second-order valence-electron chi connectivity index (χ2n) is 13.3. The predicted molar refractivity (Wildman–Crippen MR) is 179 cm³/mol. The van der Waals surface area contributed by atoms with E-state index in [1.807, 2.05) is 42.7 Å². The molecule has 0 N–H and O–H groups in total. The molecule has 0 saturated carbocycles. The minimum absolute atomic E-state index is 0.0511. The number of nitrogens with zero attached hydrogens (tertiary/aromatic N) is 3. The normalized spacial score (nSPS) is 18.8. The molecular weight excluding hydrogens is 534 g/mol. The van der Waals surface area contributed by atoms with Gasteiger partial charge in [0.05, 0.1) is 22.8 Å². The summed E-state index contributed by atoms with van der Waals surface area (Å²) in [7, 11) is 0. The largest absolute Gasteiger partial charge is 0.256 e. The summed E-state index contributed by atoms with van der Waals surface area (Å²) in [6.07, 6.45) is 3.67. The van der Waals surface area contributed by atoms with Crippen LogP contribution < -0.4 is 0 Å². The van der Waals surface area contributed by atoms with Gasteiger partial charge in [0.25, 0.3) is 0 Å². The van der Waals surface area contributed by atoms with E-state index in [0.29, 0.717) is 5.92 Å². The van der Waals surface area contributed by atoms with E-state index in [0.717, 1.165) is 33.9 Å². The maximum Gasteiger partial charge on any atom is 0.0900 e. The van der Waals surface area contributed by atoms with E-state index in [1.165, 1.54) is 33.4 Å². The number of hydrogen-bond acceptors (Lipinski definition) is 3. The lowest BCUT2D eigenvalue weighted by Gasteiger charge is -2.33. The van der Waals surface area contributed by atoms with E-state index < -0.39 is 0 Å². The fraction of sp³-hybridized carbons (Fsp3) is 0.195. The fourth-order valence-electron chi connectivity index (χ4n) is 8.07. The van der Waals surface area contributed by atoms with Crippen molar-refractivity contribution >= 4 is 0 Å². The van der Waals surface area contributed by atoms with Crippen molar-refractivity contribution in [2.45, 2.75) is 50.4 Å². The Morgan fingerprint density at radius 3 is 1.80 bits per heavy atom. The van der Waals surface area contributed by atoms with Crippen molar-refractivity contribution in [1.82, 2.24) is 15.0 Å². The van der Waals surface area contributed by atoms with Crippen LogP contribution in [0.5, 0.6) is 0 Å². The minimum atomic E-state index is -0.0957. The molecule has 0 amide bonds. The molecular formula is C41H35N3. The van der Waals surface area contributed by atoms with Crippen LogP contribution in [0.3, 0.4) is 0 Å². The molecule has 3 aromatic heterocycles. The van der Waals surface area contributed by atoms with E-state index in [2.05, 4.69) is 123 Å². The smallest absolute Gasteiger partial charge is 0.0900 e. The molecule has 3 nitrogen and oxygen atoms in total. The number of fused-ring (bicyclic) bond motifs is 7. The number of pyridine rings is 3. The molecule has 0 aliphatic heterocycles. The Labute approximate surface area is 259 Å². The summed E-state index contributed by atoms with van der Waals surface area (Å²) in [5.74, 6) is 0.567. The lowest BCUT2D eigenvalue weighted by atomic mass is 9.69. The standard InChI is InChI=1S/C41H35N3/c1-40(2)31-15-7-5-13-28(31)38-30-23-26(19-20-33(30)41(3,4)39(38)29-14-6-8-16-32(29)40)36-24-27(34-17-9-11-21-42-34)25-37(44-36)35-18-10-12-22-43-35/h5-25,38-39H,1-4H3. The molecule has 2 aliphatic carbocycles. The van der Waals surface area contributed by atoms with Crippen LogP contribution in [0.1, 0.15) is 72.9 Å². The average Bonchev–Trinajstić information content (AvgIpc) is 3.25. The van der Waals surface area contributed by atoms with Crippen molar-refractivity contribution < 1.29 is 0 Å². The van der Waals surface area contributed by atoms with Crippen molar-refractivity contribution in [3.8, 4) is 33.9 Å². The van der Waals surface area contributed by atoms with Gasteiger partial charge in [-0.3, -0.25) is 9.97 Å². The lowest BCUT2D eigenvalue weighted by Crippen LogP contribution is -2.26. The van der Waals surface area contributed by atoms with Crippen molar-refractivity contribution in [2.75, 3.05) is 0 Å². The van der Waals surface area contributed by atoms with Crippen molar-refractivity contribution in [1.29, 1.82) is 0 Å². The third kappa shape index (κ3) is 3.99. The quantitative estimate of drug-likeness (QED) is 0.213. The third-order valence-electron chi connectivity index (χ3n) is 10.1. The SMILES string of the molecule is CC1(C)c2ccccc2C2c3cc(-c4cc(-c5ccccn5)cc(-c5ccccn5)n4)ccc3C(C)(C)C2c2ccccc21. The van der Waals surface area contributed by atoms with Gasteiger partial charge in [0, 0.05) is 40.8 Å². The molecule has 0 saturated heterocycles. The van der Waals surface area contributed by atoms with Gasteiger partial charge in [-0.05, 0) is 81.3 Å². The van der Waals surface area contributed by atoms with Crippen LogP contribution in [0.4, 0.5) is 0 Å². The van der Waals surface area contributed by atoms with E-state index in [9.17, 15) is 0 Å². The van der Waals surface area contributed by atoms with Crippen LogP contribution in [0, 0.1) is 0 Å². The molecule has 0 bridgehead atoms. The highest BCUT2D eigenvalue weighted by molar-refractivity contribution is 5.75. The first-order valence-electron chi connectivity index (χ1n) is 15.5. The van der Waals surface area contributed by atoms with Crippen LogP contribution >= 0.6 is 0 Å². The molecule has 2 atom stereocenters. The van der Waals surface area contributed by atoms with Crippen LogP contribution in [-0.2, 0) is 10.8 Å². The summed E-state index contributed by atoms with van der Waals surface area (Å²) < 4.78 is 0. The Kier molecular flexibility index (Phi) is 5.96. The summed E-state index contributed by atoms with van der Waals surface area (Å²) in [5, 5.41) is 0. The topological polar surface area (TPSA) is 38.7 Å². The van der Waals surface area contributed by atoms with Crippen LogP contribution in [0.25, 0.3) is 33.9 Å². The molecule has 3 aromatic carbocycles. The van der Waals surface area contributed by atoms with Gasteiger partial charge < -0.3 is 0 Å². The van der Waals surface area contributed by atoms with Gasteiger partial charge in [-0.25, -0.2) is 4.98 Å².